The van der Waals surface area contributed by atoms with Gasteiger partial charge in [0.25, 0.3) is 0 Å². The third-order valence-electron chi connectivity index (χ3n) is 4.20. The SMILES string of the molecule is COc1ccc(-c2nc(SC)nc(NCCCCCC(=O)O)c2C#N)cc1OC. The first-order chi connectivity index (χ1) is 14.0. The minimum absolute atomic E-state index is 0.164. The molecule has 1 aromatic heterocycles. The van der Waals surface area contributed by atoms with Crippen LogP contribution in [0.25, 0.3) is 11.3 Å². The second-order valence-corrected chi connectivity index (χ2v) is 6.87. The lowest BCUT2D eigenvalue weighted by atomic mass is 10.1. The Labute approximate surface area is 174 Å². The molecule has 0 aliphatic rings. The van der Waals surface area contributed by atoms with Gasteiger partial charge in [0.2, 0.25) is 0 Å². The molecule has 0 aliphatic heterocycles. The summed E-state index contributed by atoms with van der Waals surface area (Å²) in [7, 11) is 3.12. The highest BCUT2D eigenvalue weighted by molar-refractivity contribution is 7.98. The number of thioether (sulfide) groups is 1. The lowest BCUT2D eigenvalue weighted by molar-refractivity contribution is -0.137. The van der Waals surface area contributed by atoms with Gasteiger partial charge in [-0.2, -0.15) is 5.26 Å². The van der Waals surface area contributed by atoms with Gasteiger partial charge in [0.15, 0.2) is 16.7 Å². The zero-order valence-corrected chi connectivity index (χ0v) is 17.5. The van der Waals surface area contributed by atoms with Crippen molar-refractivity contribution in [1.29, 1.82) is 5.26 Å². The van der Waals surface area contributed by atoms with E-state index in [1.165, 1.54) is 11.8 Å². The lowest BCUT2D eigenvalue weighted by Gasteiger charge is -2.14. The number of benzene rings is 1. The van der Waals surface area contributed by atoms with Crippen LogP contribution in [0.5, 0.6) is 11.5 Å². The highest BCUT2D eigenvalue weighted by atomic mass is 32.2. The fraction of sp³-hybridized carbons (Fsp3) is 0.400. The van der Waals surface area contributed by atoms with Gasteiger partial charge in [-0.3, -0.25) is 4.79 Å². The first-order valence-electron chi connectivity index (χ1n) is 9.08. The van der Waals surface area contributed by atoms with E-state index < -0.39 is 5.97 Å². The minimum atomic E-state index is -0.787. The Balaban J connectivity index is 2.28. The summed E-state index contributed by atoms with van der Waals surface area (Å²) in [6.45, 7) is 0.588. The Bertz CT molecular complexity index is 899. The molecule has 8 nitrogen and oxygen atoms in total. The maximum Gasteiger partial charge on any atom is 0.303 e. The molecule has 2 N–H and O–H groups in total. The van der Waals surface area contributed by atoms with Crippen molar-refractivity contribution in [2.75, 3.05) is 32.3 Å². The van der Waals surface area contributed by atoms with Crippen molar-refractivity contribution in [1.82, 2.24) is 9.97 Å². The van der Waals surface area contributed by atoms with Crippen molar-refractivity contribution in [3.05, 3.63) is 23.8 Å². The Hall–Kier alpha value is -2.99. The van der Waals surface area contributed by atoms with E-state index in [2.05, 4.69) is 21.4 Å². The predicted molar refractivity (Wildman–Crippen MR) is 112 cm³/mol. The van der Waals surface area contributed by atoms with Crippen LogP contribution in [0, 0.1) is 11.3 Å². The molecule has 2 rings (SSSR count). The second kappa shape index (κ2) is 11.1. The van der Waals surface area contributed by atoms with Crippen molar-refractivity contribution in [3.63, 3.8) is 0 Å². The Kier molecular flexibility index (Phi) is 8.55. The third-order valence-corrected chi connectivity index (χ3v) is 4.75. The summed E-state index contributed by atoms with van der Waals surface area (Å²) in [5.74, 6) is 0.819. The number of aromatic nitrogens is 2. The normalized spacial score (nSPS) is 10.3. The molecular formula is C20H24N4O4S. The average Bonchev–Trinajstić information content (AvgIpc) is 2.74. The maximum absolute atomic E-state index is 10.6. The third kappa shape index (κ3) is 5.99. The number of aliphatic carboxylic acids is 1. The summed E-state index contributed by atoms with van der Waals surface area (Å²) in [4.78, 5) is 19.5. The molecule has 9 heteroatoms. The van der Waals surface area contributed by atoms with Crippen LogP contribution in [0.3, 0.4) is 0 Å². The molecule has 0 bridgehead atoms. The molecule has 0 aliphatic carbocycles. The summed E-state index contributed by atoms with van der Waals surface area (Å²) in [5.41, 5.74) is 1.59. The smallest absolute Gasteiger partial charge is 0.303 e. The first kappa shape index (κ1) is 22.3. The van der Waals surface area contributed by atoms with Gasteiger partial charge in [-0.15, -0.1) is 0 Å². The van der Waals surface area contributed by atoms with Gasteiger partial charge in [-0.1, -0.05) is 18.2 Å². The molecule has 0 fully saturated rings. The lowest BCUT2D eigenvalue weighted by Crippen LogP contribution is -2.09. The van der Waals surface area contributed by atoms with E-state index in [0.717, 1.165) is 18.4 Å². The topological polar surface area (TPSA) is 117 Å². The molecule has 0 atom stereocenters. The standard InChI is InChI=1S/C20H24N4O4S/c1-27-15-9-8-13(11-16(15)28-2)18-14(12-21)19(24-20(23-18)29-3)22-10-6-4-5-7-17(25)26/h8-9,11H,4-7,10H2,1-3H3,(H,25,26)(H,22,23,24). The van der Waals surface area contributed by atoms with Crippen LogP contribution in [0.4, 0.5) is 5.82 Å². The number of carboxylic acids is 1. The van der Waals surface area contributed by atoms with Gasteiger partial charge < -0.3 is 19.9 Å². The monoisotopic (exact) mass is 416 g/mol. The van der Waals surface area contributed by atoms with Crippen LogP contribution in [0.15, 0.2) is 23.4 Å². The maximum atomic E-state index is 10.6. The zero-order chi connectivity index (χ0) is 21.2. The summed E-state index contributed by atoms with van der Waals surface area (Å²) in [6.07, 6.45) is 4.22. The summed E-state index contributed by atoms with van der Waals surface area (Å²) in [6, 6.07) is 7.57. The molecule has 0 saturated heterocycles. The van der Waals surface area contributed by atoms with Crippen molar-refractivity contribution < 1.29 is 19.4 Å². The van der Waals surface area contributed by atoms with Crippen LogP contribution in [0.2, 0.25) is 0 Å². The Morgan fingerprint density at radius 1 is 1.21 bits per heavy atom. The molecule has 0 spiro atoms. The number of ether oxygens (including phenoxy) is 2. The van der Waals surface area contributed by atoms with Gasteiger partial charge in [0, 0.05) is 18.5 Å². The van der Waals surface area contributed by atoms with Crippen LogP contribution in [-0.2, 0) is 4.79 Å². The summed E-state index contributed by atoms with van der Waals surface area (Å²) < 4.78 is 10.6. The highest BCUT2D eigenvalue weighted by Crippen LogP contribution is 2.34. The molecule has 0 amide bonds. The van der Waals surface area contributed by atoms with Crippen LogP contribution in [-0.4, -0.2) is 48.1 Å². The van der Waals surface area contributed by atoms with Crippen LogP contribution < -0.4 is 14.8 Å². The zero-order valence-electron chi connectivity index (χ0n) is 16.7. The summed E-state index contributed by atoms with van der Waals surface area (Å²) in [5, 5.41) is 22.2. The fourth-order valence-corrected chi connectivity index (χ4v) is 3.11. The minimum Gasteiger partial charge on any atom is -0.493 e. The number of nitriles is 1. The number of rotatable bonds is 11. The molecular weight excluding hydrogens is 392 g/mol. The molecule has 1 aromatic carbocycles. The van der Waals surface area contributed by atoms with E-state index in [1.54, 1.807) is 26.4 Å². The van der Waals surface area contributed by atoms with E-state index >= 15 is 0 Å². The molecule has 0 radical (unpaired) electrons. The fourth-order valence-electron chi connectivity index (χ4n) is 2.74. The molecule has 29 heavy (non-hydrogen) atoms. The molecule has 2 aromatic rings. The molecule has 0 saturated carbocycles. The summed E-state index contributed by atoms with van der Waals surface area (Å²) >= 11 is 1.39. The van der Waals surface area contributed by atoms with Crippen molar-refractivity contribution in [2.24, 2.45) is 0 Å². The van der Waals surface area contributed by atoms with Crippen molar-refractivity contribution >= 4 is 23.5 Å². The molecule has 0 unspecified atom stereocenters. The number of carboxylic acid groups (broad SMARTS) is 1. The second-order valence-electron chi connectivity index (χ2n) is 6.10. The number of nitrogens with zero attached hydrogens (tertiary/aromatic N) is 3. The Morgan fingerprint density at radius 3 is 2.59 bits per heavy atom. The number of anilines is 1. The Morgan fingerprint density at radius 2 is 1.97 bits per heavy atom. The van der Waals surface area contributed by atoms with Gasteiger partial charge in [0.1, 0.15) is 17.5 Å². The van der Waals surface area contributed by atoms with E-state index in [-0.39, 0.29) is 6.42 Å². The van der Waals surface area contributed by atoms with E-state index in [4.69, 9.17) is 14.6 Å². The number of hydrogen-bond acceptors (Lipinski definition) is 8. The highest BCUT2D eigenvalue weighted by Gasteiger charge is 2.17. The predicted octanol–water partition coefficient (Wildman–Crippen LogP) is 3.81. The largest absolute Gasteiger partial charge is 0.493 e. The molecule has 154 valence electrons. The van der Waals surface area contributed by atoms with Gasteiger partial charge >= 0.3 is 5.97 Å². The van der Waals surface area contributed by atoms with Gasteiger partial charge in [-0.05, 0) is 37.3 Å². The van der Waals surface area contributed by atoms with Crippen molar-refractivity contribution in [3.8, 4) is 28.8 Å². The average molecular weight is 417 g/mol. The quantitative estimate of drug-likeness (QED) is 0.320. The van der Waals surface area contributed by atoms with E-state index in [9.17, 15) is 10.1 Å². The number of nitrogens with one attached hydrogen (secondary N) is 1. The number of carbonyl (C=O) groups is 1. The number of methoxy groups -OCH3 is 2. The number of unbranched alkanes of at least 4 members (excludes halogenated alkanes) is 2. The van der Waals surface area contributed by atoms with Crippen molar-refractivity contribution in [2.45, 2.75) is 30.8 Å². The molecule has 1 heterocycles. The first-order valence-corrected chi connectivity index (χ1v) is 10.3. The number of hydrogen-bond donors (Lipinski definition) is 2. The van der Waals surface area contributed by atoms with Crippen LogP contribution >= 0.6 is 11.8 Å². The van der Waals surface area contributed by atoms with E-state index in [0.29, 0.717) is 46.7 Å². The van der Waals surface area contributed by atoms with Crippen LogP contribution in [0.1, 0.15) is 31.2 Å². The van der Waals surface area contributed by atoms with Gasteiger partial charge in [0.05, 0.1) is 19.9 Å². The van der Waals surface area contributed by atoms with Gasteiger partial charge in [-0.25, -0.2) is 9.97 Å². The van der Waals surface area contributed by atoms with E-state index in [1.807, 2.05) is 12.3 Å².